The van der Waals surface area contributed by atoms with E-state index in [1.807, 2.05) is 38.7 Å². The Hall–Kier alpha value is -2.04. The molecule has 0 radical (unpaired) electrons. The minimum absolute atomic E-state index is 0.114. The Morgan fingerprint density at radius 2 is 2.15 bits per heavy atom. The maximum absolute atomic E-state index is 11.8. The van der Waals surface area contributed by atoms with Gasteiger partial charge < -0.3 is 10.2 Å². The van der Waals surface area contributed by atoms with E-state index < -0.39 is 0 Å². The van der Waals surface area contributed by atoms with Crippen LogP contribution in [0.4, 0.5) is 11.4 Å². The van der Waals surface area contributed by atoms with E-state index in [0.29, 0.717) is 23.1 Å². The minimum atomic E-state index is -0.114. The van der Waals surface area contributed by atoms with Crippen LogP contribution in [-0.4, -0.2) is 42.9 Å². The minimum Gasteiger partial charge on any atom is -0.323 e. The standard InChI is InChI=1S/C13H17N5OS/c1-18(2)8-12(19)16-10-6-4-5-7-11(10)17-13(20-3)15-9-14/h4-7H,8H2,1-3H3,(H,15,17)(H,16,19). The fourth-order valence-corrected chi connectivity index (χ4v) is 1.77. The molecule has 0 aliphatic rings. The van der Waals surface area contributed by atoms with Crippen LogP contribution in [0.5, 0.6) is 0 Å². The van der Waals surface area contributed by atoms with Gasteiger partial charge in [-0.25, -0.2) is 4.99 Å². The molecule has 1 aromatic rings. The lowest BCUT2D eigenvalue weighted by Gasteiger charge is -2.12. The molecule has 0 spiro atoms. The van der Waals surface area contributed by atoms with E-state index in [-0.39, 0.29) is 5.91 Å². The van der Waals surface area contributed by atoms with Crippen LogP contribution in [0.15, 0.2) is 29.3 Å². The molecule has 0 aliphatic carbocycles. The van der Waals surface area contributed by atoms with E-state index in [0.717, 1.165) is 0 Å². The maximum Gasteiger partial charge on any atom is 0.238 e. The third kappa shape index (κ3) is 5.30. The second kappa shape index (κ2) is 8.19. The first-order chi connectivity index (χ1) is 9.56. The number of carbonyl (C=O) groups is 1. The van der Waals surface area contributed by atoms with Crippen LogP contribution in [0, 0.1) is 11.5 Å². The molecule has 6 nitrogen and oxygen atoms in total. The van der Waals surface area contributed by atoms with Crippen molar-refractivity contribution in [3.05, 3.63) is 24.3 Å². The second-order valence-corrected chi connectivity index (χ2v) is 4.96. The highest BCUT2D eigenvalue weighted by Gasteiger charge is 2.07. The number of benzene rings is 1. The van der Waals surface area contributed by atoms with Gasteiger partial charge in [-0.3, -0.25) is 10.1 Å². The number of aliphatic imine (C=N–C) groups is 1. The van der Waals surface area contributed by atoms with E-state index >= 15 is 0 Å². The molecule has 0 aromatic heterocycles. The zero-order valence-corrected chi connectivity index (χ0v) is 12.5. The predicted molar refractivity (Wildman–Crippen MR) is 83.0 cm³/mol. The van der Waals surface area contributed by atoms with Crippen molar-refractivity contribution in [2.45, 2.75) is 0 Å². The average Bonchev–Trinajstić information content (AvgIpc) is 2.39. The van der Waals surface area contributed by atoms with E-state index in [2.05, 4.69) is 15.6 Å². The Kier molecular flexibility index (Phi) is 6.56. The Morgan fingerprint density at radius 1 is 1.45 bits per heavy atom. The summed E-state index contributed by atoms with van der Waals surface area (Å²) in [4.78, 5) is 17.9. The van der Waals surface area contributed by atoms with E-state index in [4.69, 9.17) is 5.26 Å². The third-order valence-electron chi connectivity index (χ3n) is 2.22. The van der Waals surface area contributed by atoms with Gasteiger partial charge in [0.1, 0.15) is 0 Å². The highest BCUT2D eigenvalue weighted by Crippen LogP contribution is 2.25. The molecule has 0 saturated heterocycles. The summed E-state index contributed by atoms with van der Waals surface area (Å²) in [5.41, 5.74) is 1.22. The summed E-state index contributed by atoms with van der Waals surface area (Å²) in [6, 6.07) is 7.20. The molecule has 0 bridgehead atoms. The molecule has 20 heavy (non-hydrogen) atoms. The zero-order valence-electron chi connectivity index (χ0n) is 11.7. The van der Waals surface area contributed by atoms with Crippen molar-refractivity contribution in [1.29, 1.82) is 5.26 Å². The van der Waals surface area contributed by atoms with Crippen LogP contribution >= 0.6 is 11.8 Å². The number of rotatable bonds is 4. The van der Waals surface area contributed by atoms with Crippen molar-refractivity contribution in [2.24, 2.45) is 4.99 Å². The van der Waals surface area contributed by atoms with Crippen molar-refractivity contribution in [3.8, 4) is 6.19 Å². The number of amides is 1. The molecule has 1 rings (SSSR count). The zero-order chi connectivity index (χ0) is 15.0. The first-order valence-corrected chi connectivity index (χ1v) is 7.10. The van der Waals surface area contributed by atoms with Crippen molar-refractivity contribution < 1.29 is 4.79 Å². The second-order valence-electron chi connectivity index (χ2n) is 4.16. The number of hydrogen-bond acceptors (Lipinski definition) is 5. The van der Waals surface area contributed by atoms with Crippen molar-refractivity contribution in [2.75, 3.05) is 32.2 Å². The highest BCUT2D eigenvalue weighted by molar-refractivity contribution is 8.13. The Labute approximate surface area is 122 Å². The van der Waals surface area contributed by atoms with E-state index in [9.17, 15) is 4.79 Å². The number of thioether (sulfide) groups is 1. The first kappa shape index (κ1) is 16.0. The van der Waals surface area contributed by atoms with Crippen LogP contribution in [-0.2, 0) is 4.79 Å². The molecule has 1 aromatic carbocycles. The van der Waals surface area contributed by atoms with Crippen LogP contribution < -0.4 is 10.6 Å². The Bertz CT molecular complexity index is 536. The lowest BCUT2D eigenvalue weighted by Crippen LogP contribution is -2.27. The summed E-state index contributed by atoms with van der Waals surface area (Å²) in [5, 5.41) is 14.4. The van der Waals surface area contributed by atoms with Crippen molar-refractivity contribution >= 4 is 34.2 Å². The predicted octanol–water partition coefficient (Wildman–Crippen LogP) is 1.61. The number of amidine groups is 1. The van der Waals surface area contributed by atoms with Crippen LogP contribution in [0.25, 0.3) is 0 Å². The first-order valence-electron chi connectivity index (χ1n) is 5.88. The fourth-order valence-electron chi connectivity index (χ4n) is 1.44. The largest absolute Gasteiger partial charge is 0.323 e. The Morgan fingerprint density at radius 3 is 2.75 bits per heavy atom. The molecule has 0 atom stereocenters. The summed E-state index contributed by atoms with van der Waals surface area (Å²) >= 11 is 1.32. The monoisotopic (exact) mass is 291 g/mol. The summed E-state index contributed by atoms with van der Waals surface area (Å²) in [7, 11) is 3.65. The van der Waals surface area contributed by atoms with Gasteiger partial charge >= 0.3 is 0 Å². The van der Waals surface area contributed by atoms with Crippen LogP contribution in [0.1, 0.15) is 0 Å². The maximum atomic E-state index is 11.8. The molecule has 106 valence electrons. The lowest BCUT2D eigenvalue weighted by atomic mass is 10.2. The highest BCUT2D eigenvalue weighted by atomic mass is 32.2. The van der Waals surface area contributed by atoms with Crippen LogP contribution in [0.3, 0.4) is 0 Å². The molecular formula is C13H17N5OS. The smallest absolute Gasteiger partial charge is 0.238 e. The average molecular weight is 291 g/mol. The molecular weight excluding hydrogens is 274 g/mol. The van der Waals surface area contributed by atoms with Gasteiger partial charge in [-0.05, 0) is 32.5 Å². The molecule has 7 heteroatoms. The van der Waals surface area contributed by atoms with E-state index in [1.165, 1.54) is 11.8 Å². The number of nitrogens with one attached hydrogen (secondary N) is 2. The molecule has 0 fully saturated rings. The van der Waals surface area contributed by atoms with Gasteiger partial charge in [0, 0.05) is 0 Å². The number of hydrogen-bond donors (Lipinski definition) is 2. The number of nitrogens with zero attached hydrogens (tertiary/aromatic N) is 3. The number of likely N-dealkylation sites (N-methyl/N-ethyl adjacent to an activating group) is 1. The lowest BCUT2D eigenvalue weighted by molar-refractivity contribution is -0.116. The van der Waals surface area contributed by atoms with Gasteiger partial charge in [0.15, 0.2) is 11.4 Å². The Balaban J connectivity index is 2.93. The van der Waals surface area contributed by atoms with Gasteiger partial charge in [-0.2, -0.15) is 5.26 Å². The van der Waals surface area contributed by atoms with Gasteiger partial charge in [0.2, 0.25) is 5.91 Å². The summed E-state index contributed by atoms with van der Waals surface area (Å²) < 4.78 is 0. The molecule has 1 amide bonds. The quantitative estimate of drug-likeness (QED) is 0.381. The summed E-state index contributed by atoms with van der Waals surface area (Å²) in [5.74, 6) is -0.114. The number of carbonyl (C=O) groups excluding carboxylic acids is 1. The molecule has 0 unspecified atom stereocenters. The van der Waals surface area contributed by atoms with Gasteiger partial charge in [0.05, 0.1) is 17.9 Å². The number of anilines is 1. The van der Waals surface area contributed by atoms with Crippen LogP contribution in [0.2, 0.25) is 0 Å². The van der Waals surface area contributed by atoms with Crippen molar-refractivity contribution in [3.63, 3.8) is 0 Å². The molecule has 0 saturated carbocycles. The third-order valence-corrected chi connectivity index (χ3v) is 2.80. The normalized spacial score (nSPS) is 11.1. The summed E-state index contributed by atoms with van der Waals surface area (Å²) in [6.45, 7) is 0.296. The van der Waals surface area contributed by atoms with Gasteiger partial charge in [0.25, 0.3) is 0 Å². The van der Waals surface area contributed by atoms with Gasteiger partial charge in [-0.15, -0.1) is 0 Å². The topological polar surface area (TPSA) is 80.5 Å². The summed E-state index contributed by atoms with van der Waals surface area (Å²) in [6.07, 6.45) is 3.65. The van der Waals surface area contributed by atoms with E-state index in [1.54, 1.807) is 17.0 Å². The van der Waals surface area contributed by atoms with Crippen molar-refractivity contribution in [1.82, 2.24) is 10.2 Å². The fraction of sp³-hybridized carbons (Fsp3) is 0.308. The molecule has 2 N–H and O–H groups in total. The molecule has 0 aliphatic heterocycles. The van der Waals surface area contributed by atoms with Gasteiger partial charge in [-0.1, -0.05) is 23.9 Å². The number of para-hydroxylation sites is 2. The number of nitriles is 1. The SMILES string of the molecule is CSC(=Nc1ccccc1NC(=O)CN(C)C)NC#N. The molecule has 0 heterocycles.